The van der Waals surface area contributed by atoms with Gasteiger partial charge in [0.15, 0.2) is 0 Å². The fraction of sp³-hybridized carbons (Fsp3) is 0.429. The highest BCUT2D eigenvalue weighted by molar-refractivity contribution is 8.00. The van der Waals surface area contributed by atoms with Crippen molar-refractivity contribution in [3.63, 3.8) is 0 Å². The molecule has 0 aromatic heterocycles. The number of carbonyl (C=O) groups excluding carboxylic acids is 2. The maximum absolute atomic E-state index is 11.7. The molecule has 0 heterocycles. The molecule has 0 radical (unpaired) electrons. The normalized spacial score (nSPS) is 12.0. The predicted octanol–water partition coefficient (Wildman–Crippen LogP) is 2.49. The Morgan fingerprint density at radius 2 is 2.00 bits per heavy atom. The first kappa shape index (κ1) is 14.8. The molecule has 0 aliphatic rings. The number of hydrogen-bond acceptors (Lipinski definition) is 3. The number of nitrogens with one attached hydrogen (secondary N) is 1. The van der Waals surface area contributed by atoms with E-state index in [0.29, 0.717) is 0 Å². The summed E-state index contributed by atoms with van der Waals surface area (Å²) in [5.74, 6) is -0.137. The second-order valence-electron chi connectivity index (χ2n) is 4.45. The van der Waals surface area contributed by atoms with Crippen molar-refractivity contribution in [2.24, 2.45) is 0 Å². The smallest absolute Gasteiger partial charge is 0.233 e. The first-order valence-electron chi connectivity index (χ1n) is 5.91. The molecule has 4 heteroatoms. The summed E-state index contributed by atoms with van der Waals surface area (Å²) in [6, 6.07) is 6.17. The van der Waals surface area contributed by atoms with Crippen molar-refractivity contribution in [3.8, 4) is 0 Å². The van der Waals surface area contributed by atoms with Gasteiger partial charge in [0.25, 0.3) is 0 Å². The Morgan fingerprint density at radius 3 is 2.56 bits per heavy atom. The third kappa shape index (κ3) is 4.53. The summed E-state index contributed by atoms with van der Waals surface area (Å²) >= 11 is 1.52. The van der Waals surface area contributed by atoms with E-state index in [1.807, 2.05) is 32.9 Å². The molecule has 1 aromatic carbocycles. The van der Waals surface area contributed by atoms with Crippen LogP contribution in [0, 0.1) is 13.8 Å². The Bertz CT molecular complexity index is 457. The molecular formula is C14H19NO2S. The molecule has 0 spiro atoms. The number of rotatable bonds is 5. The Labute approximate surface area is 112 Å². The van der Waals surface area contributed by atoms with Crippen LogP contribution in [0.1, 0.15) is 25.0 Å². The Morgan fingerprint density at radius 1 is 1.33 bits per heavy atom. The fourth-order valence-electron chi connectivity index (χ4n) is 1.53. The van der Waals surface area contributed by atoms with Crippen LogP contribution in [0.25, 0.3) is 0 Å². The van der Waals surface area contributed by atoms with E-state index in [1.165, 1.54) is 29.8 Å². The van der Waals surface area contributed by atoms with Crippen LogP contribution in [0.2, 0.25) is 0 Å². The quantitative estimate of drug-likeness (QED) is 0.832. The van der Waals surface area contributed by atoms with Gasteiger partial charge < -0.3 is 5.32 Å². The van der Waals surface area contributed by atoms with Gasteiger partial charge in [-0.25, -0.2) is 0 Å². The van der Waals surface area contributed by atoms with Gasteiger partial charge in [-0.3, -0.25) is 9.59 Å². The summed E-state index contributed by atoms with van der Waals surface area (Å²) in [6.07, 6.45) is 0. The maximum Gasteiger partial charge on any atom is 0.233 e. The number of hydrogen-bond donors (Lipinski definition) is 1. The van der Waals surface area contributed by atoms with Crippen LogP contribution in [0.5, 0.6) is 0 Å². The largest absolute Gasteiger partial charge is 0.348 e. The predicted molar refractivity (Wildman–Crippen MR) is 74.9 cm³/mol. The lowest BCUT2D eigenvalue weighted by Gasteiger charge is -2.13. The maximum atomic E-state index is 11.7. The van der Waals surface area contributed by atoms with E-state index in [9.17, 15) is 9.59 Å². The van der Waals surface area contributed by atoms with Crippen molar-refractivity contribution in [2.75, 3.05) is 6.54 Å². The molecule has 18 heavy (non-hydrogen) atoms. The van der Waals surface area contributed by atoms with Crippen molar-refractivity contribution in [2.45, 2.75) is 37.8 Å². The Kier molecular flexibility index (Phi) is 5.41. The lowest BCUT2D eigenvalue weighted by atomic mass is 10.2. The molecule has 1 aromatic rings. The summed E-state index contributed by atoms with van der Waals surface area (Å²) in [7, 11) is 0. The van der Waals surface area contributed by atoms with Crippen LogP contribution in [0.15, 0.2) is 23.1 Å². The SMILES string of the molecule is CC(=O)CNC(=O)C(C)Sc1ccc(C)cc1C. The highest BCUT2D eigenvalue weighted by atomic mass is 32.2. The van der Waals surface area contributed by atoms with Gasteiger partial charge in [0.2, 0.25) is 5.91 Å². The van der Waals surface area contributed by atoms with Crippen molar-refractivity contribution in [1.29, 1.82) is 0 Å². The molecule has 0 aliphatic carbocycles. The minimum absolute atomic E-state index is 0.0351. The number of aryl methyl sites for hydroxylation is 2. The summed E-state index contributed by atoms with van der Waals surface area (Å²) in [5.41, 5.74) is 2.39. The van der Waals surface area contributed by atoms with Crippen molar-refractivity contribution in [3.05, 3.63) is 29.3 Å². The minimum Gasteiger partial charge on any atom is -0.348 e. The number of amides is 1. The Hall–Kier alpha value is -1.29. The van der Waals surface area contributed by atoms with E-state index < -0.39 is 0 Å². The lowest BCUT2D eigenvalue weighted by Crippen LogP contribution is -2.34. The van der Waals surface area contributed by atoms with E-state index in [0.717, 1.165) is 4.90 Å². The van der Waals surface area contributed by atoms with Gasteiger partial charge in [-0.1, -0.05) is 17.7 Å². The fourth-order valence-corrected chi connectivity index (χ4v) is 2.49. The molecule has 0 saturated carbocycles. The van der Waals surface area contributed by atoms with E-state index >= 15 is 0 Å². The zero-order chi connectivity index (χ0) is 13.7. The van der Waals surface area contributed by atoms with Crippen LogP contribution in [0.3, 0.4) is 0 Å². The van der Waals surface area contributed by atoms with Crippen LogP contribution >= 0.6 is 11.8 Å². The second kappa shape index (κ2) is 6.59. The first-order valence-corrected chi connectivity index (χ1v) is 6.79. The number of ketones is 1. The van der Waals surface area contributed by atoms with Crippen LogP contribution in [-0.2, 0) is 9.59 Å². The lowest BCUT2D eigenvalue weighted by molar-refractivity contribution is -0.123. The zero-order valence-corrected chi connectivity index (χ0v) is 12.1. The number of thioether (sulfide) groups is 1. The van der Waals surface area contributed by atoms with E-state index in [-0.39, 0.29) is 23.5 Å². The standard InChI is InChI=1S/C14H19NO2S/c1-9-5-6-13(10(2)7-9)18-12(4)14(17)15-8-11(3)16/h5-7,12H,8H2,1-4H3,(H,15,17). The molecule has 0 bridgehead atoms. The molecule has 1 amide bonds. The van der Waals surface area contributed by atoms with Gasteiger partial charge in [-0.15, -0.1) is 11.8 Å². The molecule has 3 nitrogen and oxygen atoms in total. The monoisotopic (exact) mass is 265 g/mol. The minimum atomic E-state index is -0.203. The molecule has 0 saturated heterocycles. The molecule has 1 rings (SSSR count). The van der Waals surface area contributed by atoms with Gasteiger partial charge in [0, 0.05) is 4.90 Å². The third-order valence-corrected chi connectivity index (χ3v) is 3.79. The Balaban J connectivity index is 2.60. The van der Waals surface area contributed by atoms with E-state index in [1.54, 1.807) is 0 Å². The molecule has 1 atom stereocenters. The average molecular weight is 265 g/mol. The third-order valence-electron chi connectivity index (χ3n) is 2.51. The van der Waals surface area contributed by atoms with Gasteiger partial charge in [0.05, 0.1) is 11.8 Å². The highest BCUT2D eigenvalue weighted by Crippen LogP contribution is 2.27. The molecule has 1 unspecified atom stereocenters. The first-order chi connectivity index (χ1) is 8.40. The molecule has 0 fully saturated rings. The van der Waals surface area contributed by atoms with E-state index in [4.69, 9.17) is 0 Å². The molecule has 1 N–H and O–H groups in total. The molecule has 0 aliphatic heterocycles. The van der Waals surface area contributed by atoms with E-state index in [2.05, 4.69) is 11.4 Å². The van der Waals surface area contributed by atoms with Gasteiger partial charge in [-0.2, -0.15) is 0 Å². The number of Topliss-reactive ketones (excluding diaryl/α,β-unsaturated/α-hetero) is 1. The summed E-state index contributed by atoms with van der Waals surface area (Å²) in [4.78, 5) is 23.6. The number of benzene rings is 1. The zero-order valence-electron chi connectivity index (χ0n) is 11.2. The van der Waals surface area contributed by atoms with Crippen LogP contribution in [-0.4, -0.2) is 23.5 Å². The molecule has 98 valence electrons. The number of carbonyl (C=O) groups is 2. The van der Waals surface area contributed by atoms with Gasteiger partial charge in [-0.05, 0) is 39.3 Å². The van der Waals surface area contributed by atoms with Gasteiger partial charge in [0.1, 0.15) is 5.78 Å². The topological polar surface area (TPSA) is 46.2 Å². The highest BCUT2D eigenvalue weighted by Gasteiger charge is 2.15. The average Bonchev–Trinajstić information content (AvgIpc) is 2.29. The van der Waals surface area contributed by atoms with Crippen LogP contribution < -0.4 is 5.32 Å². The second-order valence-corrected chi connectivity index (χ2v) is 5.83. The summed E-state index contributed by atoms with van der Waals surface area (Å²) < 4.78 is 0. The summed E-state index contributed by atoms with van der Waals surface area (Å²) in [6.45, 7) is 7.50. The summed E-state index contributed by atoms with van der Waals surface area (Å²) in [5, 5.41) is 2.42. The molecular weight excluding hydrogens is 246 g/mol. The van der Waals surface area contributed by atoms with Gasteiger partial charge >= 0.3 is 0 Å². The van der Waals surface area contributed by atoms with Crippen molar-refractivity contribution in [1.82, 2.24) is 5.32 Å². The van der Waals surface area contributed by atoms with Crippen molar-refractivity contribution >= 4 is 23.5 Å². The van der Waals surface area contributed by atoms with Crippen molar-refractivity contribution < 1.29 is 9.59 Å². The van der Waals surface area contributed by atoms with Crippen LogP contribution in [0.4, 0.5) is 0 Å².